The van der Waals surface area contributed by atoms with Crippen LogP contribution in [-0.2, 0) is 20.9 Å². The van der Waals surface area contributed by atoms with Crippen molar-refractivity contribution in [2.75, 3.05) is 7.11 Å². The number of carbonyl (C=O) groups excluding carboxylic acids is 3. The molecule has 0 aliphatic carbocycles. The van der Waals surface area contributed by atoms with E-state index >= 15 is 0 Å². The van der Waals surface area contributed by atoms with Gasteiger partial charge in [0, 0.05) is 0 Å². The van der Waals surface area contributed by atoms with E-state index in [4.69, 9.17) is 27.9 Å². The molecule has 1 atom stereocenters. The number of carbonyl (C=O) groups is 3. The number of nitrogens with zero attached hydrogens (tertiary/aromatic N) is 1. The quantitative estimate of drug-likeness (QED) is 0.409. The third kappa shape index (κ3) is 5.20. The Morgan fingerprint density at radius 2 is 1.81 bits per heavy atom. The molecule has 0 bridgehead atoms. The molecule has 2 amide bonds. The van der Waals surface area contributed by atoms with Gasteiger partial charge in [-0.25, -0.2) is 9.18 Å². The van der Waals surface area contributed by atoms with Crippen LogP contribution in [0.15, 0.2) is 41.3 Å². The van der Waals surface area contributed by atoms with Crippen LogP contribution in [0.25, 0.3) is 6.08 Å². The fourth-order valence-electron chi connectivity index (χ4n) is 2.78. The van der Waals surface area contributed by atoms with Gasteiger partial charge >= 0.3 is 5.97 Å². The van der Waals surface area contributed by atoms with Gasteiger partial charge in [-0.1, -0.05) is 35.3 Å². The molecule has 0 radical (unpaired) electrons. The van der Waals surface area contributed by atoms with Crippen molar-refractivity contribution < 1.29 is 28.2 Å². The van der Waals surface area contributed by atoms with E-state index in [1.54, 1.807) is 12.1 Å². The molecular formula is C21H16Cl2FNO5S. The number of amides is 2. The molecular weight excluding hydrogens is 468 g/mol. The molecule has 1 fully saturated rings. The number of halogens is 3. The summed E-state index contributed by atoms with van der Waals surface area (Å²) in [4.78, 5) is 37.4. The van der Waals surface area contributed by atoms with Gasteiger partial charge in [0.25, 0.3) is 11.1 Å². The van der Waals surface area contributed by atoms with Gasteiger partial charge in [-0.15, -0.1) is 0 Å². The Morgan fingerprint density at radius 3 is 2.39 bits per heavy atom. The van der Waals surface area contributed by atoms with E-state index in [0.717, 1.165) is 10.5 Å². The van der Waals surface area contributed by atoms with Crippen molar-refractivity contribution in [2.24, 2.45) is 0 Å². The summed E-state index contributed by atoms with van der Waals surface area (Å²) in [5.74, 6) is -1.43. The largest absolute Gasteiger partial charge is 0.486 e. The van der Waals surface area contributed by atoms with Crippen LogP contribution in [-0.4, -0.2) is 35.2 Å². The second kappa shape index (κ2) is 9.72. The topological polar surface area (TPSA) is 72.9 Å². The predicted octanol–water partition coefficient (Wildman–Crippen LogP) is 5.31. The molecule has 162 valence electrons. The van der Waals surface area contributed by atoms with Crippen molar-refractivity contribution in [3.63, 3.8) is 0 Å². The molecule has 2 aromatic rings. The van der Waals surface area contributed by atoms with Gasteiger partial charge in [0.2, 0.25) is 0 Å². The summed E-state index contributed by atoms with van der Waals surface area (Å²) >= 11 is 13.3. The molecule has 6 nitrogen and oxygen atoms in total. The van der Waals surface area contributed by atoms with Gasteiger partial charge in [-0.3, -0.25) is 14.5 Å². The van der Waals surface area contributed by atoms with Crippen LogP contribution in [0, 0.1) is 5.82 Å². The minimum atomic E-state index is -1.04. The summed E-state index contributed by atoms with van der Waals surface area (Å²) in [6.07, 6.45) is 1.45. The third-order valence-corrected chi connectivity index (χ3v) is 5.81. The second-order valence-corrected chi connectivity index (χ2v) is 8.29. The first-order valence-electron chi connectivity index (χ1n) is 8.92. The zero-order valence-electron chi connectivity index (χ0n) is 16.4. The molecule has 0 unspecified atom stereocenters. The highest BCUT2D eigenvalue weighted by Crippen LogP contribution is 2.38. The summed E-state index contributed by atoms with van der Waals surface area (Å²) in [5, 5.41) is -0.184. The SMILES string of the molecule is COC(=O)[C@@H](C)N1C(=O)S/C(=C/c2cc(Cl)c(OCc3ccc(F)cc3)c(Cl)c2)C1=O. The van der Waals surface area contributed by atoms with Crippen LogP contribution in [0.5, 0.6) is 5.75 Å². The fourth-order valence-corrected chi connectivity index (χ4v) is 4.30. The zero-order chi connectivity index (χ0) is 22.7. The molecule has 0 aromatic heterocycles. The molecule has 31 heavy (non-hydrogen) atoms. The Bertz CT molecular complexity index is 1050. The van der Waals surface area contributed by atoms with Gasteiger partial charge in [-0.2, -0.15) is 0 Å². The molecule has 0 spiro atoms. The lowest BCUT2D eigenvalue weighted by Crippen LogP contribution is -2.42. The van der Waals surface area contributed by atoms with Gasteiger partial charge in [0.1, 0.15) is 18.5 Å². The molecule has 1 aliphatic rings. The molecule has 1 saturated heterocycles. The van der Waals surface area contributed by atoms with Gasteiger partial charge in [-0.05, 0) is 60.2 Å². The van der Waals surface area contributed by atoms with E-state index in [2.05, 4.69) is 4.74 Å². The minimum Gasteiger partial charge on any atom is -0.486 e. The normalized spacial score (nSPS) is 16.0. The van der Waals surface area contributed by atoms with Crippen molar-refractivity contribution in [3.8, 4) is 5.75 Å². The third-order valence-electron chi connectivity index (χ3n) is 4.37. The van der Waals surface area contributed by atoms with Crippen molar-refractivity contribution in [1.29, 1.82) is 0 Å². The maximum Gasteiger partial charge on any atom is 0.328 e. The Kier molecular flexibility index (Phi) is 7.25. The average Bonchev–Trinajstić information content (AvgIpc) is 3.00. The van der Waals surface area contributed by atoms with Crippen molar-refractivity contribution in [2.45, 2.75) is 19.6 Å². The number of hydrogen-bond donors (Lipinski definition) is 0. The van der Waals surface area contributed by atoms with Gasteiger partial charge in [0.05, 0.1) is 22.1 Å². The van der Waals surface area contributed by atoms with E-state index < -0.39 is 23.2 Å². The van der Waals surface area contributed by atoms with Gasteiger partial charge in [0.15, 0.2) is 5.75 Å². The highest BCUT2D eigenvalue weighted by atomic mass is 35.5. The summed E-state index contributed by atoms with van der Waals surface area (Å²) in [6, 6.07) is 7.82. The van der Waals surface area contributed by atoms with E-state index in [-0.39, 0.29) is 33.1 Å². The number of ether oxygens (including phenoxy) is 2. The monoisotopic (exact) mass is 483 g/mol. The Hall–Kier alpha value is -2.55. The van der Waals surface area contributed by atoms with Crippen LogP contribution in [0.1, 0.15) is 18.1 Å². The first kappa shape index (κ1) is 23.1. The summed E-state index contributed by atoms with van der Waals surface area (Å²) in [6.45, 7) is 1.54. The minimum absolute atomic E-state index is 0.118. The van der Waals surface area contributed by atoms with Crippen LogP contribution in [0.3, 0.4) is 0 Å². The summed E-state index contributed by atoms with van der Waals surface area (Å²) < 4.78 is 23.3. The highest BCUT2D eigenvalue weighted by molar-refractivity contribution is 8.18. The van der Waals surface area contributed by atoms with Crippen molar-refractivity contribution in [3.05, 3.63) is 68.3 Å². The number of thioether (sulfide) groups is 1. The first-order valence-corrected chi connectivity index (χ1v) is 10.5. The predicted molar refractivity (Wildman–Crippen MR) is 116 cm³/mol. The number of rotatable bonds is 6. The highest BCUT2D eigenvalue weighted by Gasteiger charge is 2.41. The van der Waals surface area contributed by atoms with Crippen molar-refractivity contribution >= 4 is 58.2 Å². The molecule has 1 heterocycles. The molecule has 3 rings (SSSR count). The molecule has 10 heteroatoms. The zero-order valence-corrected chi connectivity index (χ0v) is 18.7. The molecule has 1 aliphatic heterocycles. The Labute approximate surface area is 191 Å². The number of methoxy groups -OCH3 is 1. The number of hydrogen-bond acceptors (Lipinski definition) is 6. The lowest BCUT2D eigenvalue weighted by atomic mass is 10.2. The second-order valence-electron chi connectivity index (χ2n) is 6.48. The first-order chi connectivity index (χ1) is 14.7. The summed E-state index contributed by atoms with van der Waals surface area (Å²) in [7, 11) is 1.18. The lowest BCUT2D eigenvalue weighted by molar-refractivity contribution is -0.148. The van der Waals surface area contributed by atoms with E-state index in [1.165, 1.54) is 44.4 Å². The van der Waals surface area contributed by atoms with E-state index in [0.29, 0.717) is 17.3 Å². The number of imide groups is 1. The average molecular weight is 484 g/mol. The van der Waals surface area contributed by atoms with E-state index in [1.807, 2.05) is 0 Å². The van der Waals surface area contributed by atoms with Crippen LogP contribution in [0.4, 0.5) is 9.18 Å². The van der Waals surface area contributed by atoms with Crippen LogP contribution in [0.2, 0.25) is 10.0 Å². The maximum absolute atomic E-state index is 13.0. The number of benzene rings is 2. The van der Waals surface area contributed by atoms with E-state index in [9.17, 15) is 18.8 Å². The molecule has 0 N–H and O–H groups in total. The van der Waals surface area contributed by atoms with Gasteiger partial charge < -0.3 is 9.47 Å². The summed E-state index contributed by atoms with van der Waals surface area (Å²) in [5.41, 5.74) is 1.20. The van der Waals surface area contributed by atoms with Crippen LogP contribution >= 0.6 is 35.0 Å². The molecule has 2 aromatic carbocycles. The number of esters is 1. The smallest absolute Gasteiger partial charge is 0.328 e. The maximum atomic E-state index is 13.0. The molecule has 0 saturated carbocycles. The Balaban J connectivity index is 1.78. The standard InChI is InChI=1S/C21H16Cl2FNO5S/c1-11(20(27)29-2)25-19(26)17(31-21(25)28)9-13-7-15(22)18(16(23)8-13)30-10-12-3-5-14(24)6-4-12/h3-9,11H,10H2,1-2H3/b17-9+/t11-/m1/s1. The fraction of sp³-hybridized carbons (Fsp3) is 0.190. The van der Waals surface area contributed by atoms with Crippen LogP contribution < -0.4 is 4.74 Å². The van der Waals surface area contributed by atoms with Crippen molar-refractivity contribution in [1.82, 2.24) is 4.90 Å². The Morgan fingerprint density at radius 1 is 1.19 bits per heavy atom. The lowest BCUT2D eigenvalue weighted by Gasteiger charge is -2.18.